The Morgan fingerprint density at radius 3 is 2.65 bits per heavy atom. The lowest BCUT2D eigenvalue weighted by molar-refractivity contribution is 0.110. The second-order valence-corrected chi connectivity index (χ2v) is 11.2. The summed E-state index contributed by atoms with van der Waals surface area (Å²) >= 11 is 0. The molecule has 1 aromatic carbocycles. The molecular weight excluding hydrogens is 454 g/mol. The molecule has 0 spiro atoms. The molecule has 2 heterocycles. The molecule has 1 aromatic heterocycles. The number of carbonyl (C=O) groups is 1. The molecule has 1 aliphatic heterocycles. The van der Waals surface area contributed by atoms with Crippen molar-refractivity contribution in [3.8, 4) is 17.0 Å². The molecule has 1 saturated heterocycles. The van der Waals surface area contributed by atoms with E-state index in [9.17, 15) is 13.2 Å². The van der Waals surface area contributed by atoms with Gasteiger partial charge in [-0.15, -0.1) is 0 Å². The van der Waals surface area contributed by atoms with Gasteiger partial charge < -0.3 is 15.0 Å². The third kappa shape index (κ3) is 5.34. The Labute approximate surface area is 201 Å². The van der Waals surface area contributed by atoms with E-state index in [4.69, 9.17) is 4.74 Å². The predicted octanol–water partition coefficient (Wildman–Crippen LogP) is 2.95. The summed E-state index contributed by atoms with van der Waals surface area (Å²) in [5.74, 6) is 0.553. The second kappa shape index (κ2) is 9.89. The van der Waals surface area contributed by atoms with Crippen molar-refractivity contribution in [1.82, 2.24) is 18.9 Å². The molecule has 184 valence electrons. The van der Waals surface area contributed by atoms with Gasteiger partial charge in [0.15, 0.2) is 0 Å². The van der Waals surface area contributed by atoms with Gasteiger partial charge in [-0.1, -0.05) is 6.07 Å². The van der Waals surface area contributed by atoms with Gasteiger partial charge >= 0.3 is 16.2 Å². The summed E-state index contributed by atoms with van der Waals surface area (Å²) in [5.41, 5.74) is 5.61. The number of aryl methyl sites for hydroxylation is 2. The summed E-state index contributed by atoms with van der Waals surface area (Å²) < 4.78 is 33.6. The van der Waals surface area contributed by atoms with Gasteiger partial charge in [-0.3, -0.25) is 0 Å². The smallest absolute Gasteiger partial charge is 0.333 e. The zero-order valence-corrected chi connectivity index (χ0v) is 21.0. The Bertz CT molecular complexity index is 1170. The highest BCUT2D eigenvalue weighted by Gasteiger charge is 2.25. The lowest BCUT2D eigenvalue weighted by Gasteiger charge is -2.29. The van der Waals surface area contributed by atoms with E-state index in [0.717, 1.165) is 71.8 Å². The van der Waals surface area contributed by atoms with Crippen LogP contribution in [0.4, 0.5) is 10.5 Å². The maximum absolute atomic E-state index is 12.7. The van der Waals surface area contributed by atoms with Crippen molar-refractivity contribution in [3.63, 3.8) is 0 Å². The molecule has 0 saturated carbocycles. The fourth-order valence-corrected chi connectivity index (χ4v) is 5.12. The van der Waals surface area contributed by atoms with Crippen LogP contribution < -0.4 is 14.8 Å². The van der Waals surface area contributed by atoms with E-state index in [2.05, 4.69) is 33.0 Å². The summed E-state index contributed by atoms with van der Waals surface area (Å²) in [7, 11) is 0.941. The van der Waals surface area contributed by atoms with Crippen molar-refractivity contribution in [2.75, 3.05) is 39.5 Å². The van der Waals surface area contributed by atoms with Gasteiger partial charge in [0, 0.05) is 45.0 Å². The summed E-state index contributed by atoms with van der Waals surface area (Å²) in [6, 6.07) is 5.17. The van der Waals surface area contributed by atoms with Crippen LogP contribution in [0.1, 0.15) is 36.0 Å². The molecule has 1 aliphatic carbocycles. The van der Waals surface area contributed by atoms with E-state index in [1.54, 1.807) is 6.20 Å². The normalized spacial score (nSPS) is 17.0. The first-order valence-electron chi connectivity index (χ1n) is 11.6. The highest BCUT2D eigenvalue weighted by molar-refractivity contribution is 7.87. The van der Waals surface area contributed by atoms with Crippen LogP contribution in [0.25, 0.3) is 11.1 Å². The number of benzene rings is 1. The maximum Gasteiger partial charge on any atom is 0.333 e. The van der Waals surface area contributed by atoms with Crippen molar-refractivity contribution in [3.05, 3.63) is 41.1 Å². The van der Waals surface area contributed by atoms with Crippen molar-refractivity contribution in [2.24, 2.45) is 0 Å². The molecule has 1 fully saturated rings. The standard InChI is InChI=1S/C24H33N5O4S/c1-16-14-17-6-5-7-20(17)23(26-24(30)27-34(31,32)28(2)3)22(16)18-8-11-25-21(15-18)33-19-9-12-29(4)13-10-19/h8,11,14-15,19H,5-7,9-10,12-13H2,1-4H3,(H2,26,27,30). The zero-order chi connectivity index (χ0) is 24.5. The molecule has 2 amide bonds. The molecule has 9 nitrogen and oxygen atoms in total. The number of hydrogen-bond acceptors (Lipinski definition) is 6. The largest absolute Gasteiger partial charge is 0.474 e. The highest BCUT2D eigenvalue weighted by Crippen LogP contribution is 2.40. The Morgan fingerprint density at radius 2 is 1.94 bits per heavy atom. The first-order valence-corrected chi connectivity index (χ1v) is 13.1. The number of anilines is 1. The van der Waals surface area contributed by atoms with Crippen LogP contribution in [-0.4, -0.2) is 69.0 Å². The number of nitrogens with one attached hydrogen (secondary N) is 2. The first-order chi connectivity index (χ1) is 16.1. The average molecular weight is 488 g/mol. The van der Waals surface area contributed by atoms with E-state index < -0.39 is 16.2 Å². The van der Waals surface area contributed by atoms with Crippen LogP contribution in [0.15, 0.2) is 24.4 Å². The quantitative estimate of drug-likeness (QED) is 0.649. The molecule has 0 unspecified atom stereocenters. The molecule has 0 radical (unpaired) electrons. The van der Waals surface area contributed by atoms with Crippen LogP contribution in [0.5, 0.6) is 5.88 Å². The minimum absolute atomic E-state index is 0.125. The Kier molecular flexibility index (Phi) is 7.11. The van der Waals surface area contributed by atoms with E-state index >= 15 is 0 Å². The summed E-state index contributed by atoms with van der Waals surface area (Å²) in [5, 5.41) is 2.84. The Balaban J connectivity index is 1.66. The molecule has 4 rings (SSSR count). The summed E-state index contributed by atoms with van der Waals surface area (Å²) in [4.78, 5) is 19.4. The lowest BCUT2D eigenvalue weighted by Crippen LogP contribution is -2.41. The summed E-state index contributed by atoms with van der Waals surface area (Å²) in [6.45, 7) is 3.99. The van der Waals surface area contributed by atoms with Gasteiger partial charge in [0.05, 0.1) is 5.69 Å². The summed E-state index contributed by atoms with van der Waals surface area (Å²) in [6.07, 6.45) is 6.49. The Hall–Kier alpha value is -2.69. The van der Waals surface area contributed by atoms with Crippen LogP contribution in [-0.2, 0) is 23.1 Å². The number of piperidine rings is 1. The van der Waals surface area contributed by atoms with Gasteiger partial charge in [-0.05, 0) is 74.4 Å². The van der Waals surface area contributed by atoms with Gasteiger partial charge in [0.2, 0.25) is 5.88 Å². The maximum atomic E-state index is 12.7. The Morgan fingerprint density at radius 1 is 1.21 bits per heavy atom. The third-order valence-electron chi connectivity index (χ3n) is 6.51. The van der Waals surface area contributed by atoms with Gasteiger partial charge in [0.25, 0.3) is 0 Å². The third-order valence-corrected chi connectivity index (χ3v) is 7.92. The van der Waals surface area contributed by atoms with Crippen molar-refractivity contribution in [2.45, 2.75) is 45.1 Å². The zero-order valence-electron chi connectivity index (χ0n) is 20.2. The van der Waals surface area contributed by atoms with E-state index in [1.165, 1.54) is 19.7 Å². The topological polar surface area (TPSA) is 104 Å². The fraction of sp³-hybridized carbons (Fsp3) is 0.500. The number of nitrogens with zero attached hydrogens (tertiary/aromatic N) is 3. The molecular formula is C24H33N5O4S. The van der Waals surface area contributed by atoms with Gasteiger partial charge in [-0.25, -0.2) is 14.5 Å². The SMILES string of the molecule is Cc1cc2c(c(NC(=O)NS(=O)(=O)N(C)C)c1-c1ccnc(OC3CCN(C)CC3)c1)CCC2. The molecule has 0 bridgehead atoms. The van der Waals surface area contributed by atoms with Crippen LogP contribution in [0.2, 0.25) is 0 Å². The number of amides is 2. The van der Waals surface area contributed by atoms with Crippen LogP contribution in [0, 0.1) is 6.92 Å². The first kappa shape index (κ1) is 24.4. The second-order valence-electron chi connectivity index (χ2n) is 9.28. The number of aromatic nitrogens is 1. The number of carbonyl (C=O) groups excluding carboxylic acids is 1. The fourth-order valence-electron chi connectivity index (χ4n) is 4.65. The van der Waals surface area contributed by atoms with E-state index in [1.807, 2.05) is 19.1 Å². The molecule has 2 aliphatic rings. The van der Waals surface area contributed by atoms with Crippen molar-refractivity contribution >= 4 is 21.9 Å². The van der Waals surface area contributed by atoms with E-state index in [0.29, 0.717) is 11.6 Å². The number of urea groups is 1. The molecule has 34 heavy (non-hydrogen) atoms. The van der Waals surface area contributed by atoms with Crippen LogP contribution >= 0.6 is 0 Å². The van der Waals surface area contributed by atoms with Crippen molar-refractivity contribution < 1.29 is 17.9 Å². The minimum Gasteiger partial charge on any atom is -0.474 e. The van der Waals surface area contributed by atoms with E-state index in [-0.39, 0.29) is 6.10 Å². The highest BCUT2D eigenvalue weighted by atomic mass is 32.2. The predicted molar refractivity (Wildman–Crippen MR) is 132 cm³/mol. The lowest BCUT2D eigenvalue weighted by atomic mass is 9.93. The number of rotatable bonds is 6. The number of ether oxygens (including phenoxy) is 1. The monoisotopic (exact) mass is 487 g/mol. The van der Waals surface area contributed by atoms with Gasteiger partial charge in [0.1, 0.15) is 6.10 Å². The number of likely N-dealkylation sites (tertiary alicyclic amines) is 1. The minimum atomic E-state index is -3.91. The van der Waals surface area contributed by atoms with Crippen LogP contribution in [0.3, 0.4) is 0 Å². The molecule has 0 atom stereocenters. The number of fused-ring (bicyclic) bond motifs is 1. The van der Waals surface area contributed by atoms with Crippen molar-refractivity contribution in [1.29, 1.82) is 0 Å². The molecule has 2 N–H and O–H groups in total. The molecule has 10 heteroatoms. The number of hydrogen-bond donors (Lipinski definition) is 2. The molecule has 2 aromatic rings. The average Bonchev–Trinajstić information content (AvgIpc) is 3.23. The number of pyridine rings is 1. The van der Waals surface area contributed by atoms with Gasteiger partial charge in [-0.2, -0.15) is 12.7 Å².